The molecule has 1 aromatic rings. The molecular formula is C16H18N2O4S. The molecule has 2 amide bonds. The number of rotatable bonds is 4. The fourth-order valence-corrected chi connectivity index (χ4v) is 4.63. The summed E-state index contributed by atoms with van der Waals surface area (Å²) in [4.78, 5) is 36.7. The molecule has 2 aliphatic rings. The number of anilines is 1. The van der Waals surface area contributed by atoms with Gasteiger partial charge in [0, 0.05) is 4.88 Å². The van der Waals surface area contributed by atoms with Crippen molar-refractivity contribution in [3.8, 4) is 0 Å². The van der Waals surface area contributed by atoms with Crippen molar-refractivity contribution in [2.24, 2.45) is 17.6 Å². The number of fused-ring (bicyclic) bond motifs is 1. The van der Waals surface area contributed by atoms with E-state index in [1.807, 2.05) is 6.08 Å². The molecule has 0 fully saturated rings. The van der Waals surface area contributed by atoms with Crippen molar-refractivity contribution in [3.05, 3.63) is 28.2 Å². The molecule has 1 aromatic heterocycles. The average Bonchev–Trinajstić information content (AvgIpc) is 3.06. The highest BCUT2D eigenvalue weighted by atomic mass is 32.1. The summed E-state index contributed by atoms with van der Waals surface area (Å²) in [6.07, 6.45) is 7.02. The Hall–Kier alpha value is -2.15. The Morgan fingerprint density at radius 3 is 2.52 bits per heavy atom. The van der Waals surface area contributed by atoms with Gasteiger partial charge in [-0.1, -0.05) is 12.2 Å². The van der Waals surface area contributed by atoms with Crippen LogP contribution in [0.15, 0.2) is 12.2 Å². The summed E-state index contributed by atoms with van der Waals surface area (Å²) in [5.41, 5.74) is 6.81. The van der Waals surface area contributed by atoms with E-state index >= 15 is 0 Å². The van der Waals surface area contributed by atoms with Crippen LogP contribution >= 0.6 is 11.3 Å². The maximum Gasteiger partial charge on any atom is 0.307 e. The van der Waals surface area contributed by atoms with Crippen molar-refractivity contribution in [3.63, 3.8) is 0 Å². The third-order valence-corrected chi connectivity index (χ3v) is 5.70. The molecule has 3 rings (SSSR count). The summed E-state index contributed by atoms with van der Waals surface area (Å²) in [6, 6.07) is 0. The van der Waals surface area contributed by atoms with Crippen LogP contribution in [0, 0.1) is 11.8 Å². The third kappa shape index (κ3) is 2.88. The summed E-state index contributed by atoms with van der Waals surface area (Å²) in [5, 5.41) is 12.5. The van der Waals surface area contributed by atoms with E-state index in [1.54, 1.807) is 6.08 Å². The van der Waals surface area contributed by atoms with Crippen LogP contribution in [-0.4, -0.2) is 22.9 Å². The molecule has 0 aromatic carbocycles. The number of carboxylic acid groups (broad SMARTS) is 1. The average molecular weight is 334 g/mol. The summed E-state index contributed by atoms with van der Waals surface area (Å²) in [6.45, 7) is 0. The Bertz CT molecular complexity index is 707. The Morgan fingerprint density at radius 2 is 1.87 bits per heavy atom. The topological polar surface area (TPSA) is 109 Å². The molecule has 0 aliphatic heterocycles. The lowest BCUT2D eigenvalue weighted by molar-refractivity contribution is -0.146. The van der Waals surface area contributed by atoms with Crippen molar-refractivity contribution in [2.75, 3.05) is 5.32 Å². The minimum atomic E-state index is -0.974. The number of nitrogens with one attached hydrogen (secondary N) is 1. The smallest absolute Gasteiger partial charge is 0.307 e. The predicted octanol–water partition coefficient (Wildman–Crippen LogP) is 1.94. The number of thiophene rings is 1. The third-order valence-electron chi connectivity index (χ3n) is 4.49. The molecule has 0 spiro atoms. The molecule has 2 unspecified atom stereocenters. The fraction of sp³-hybridized carbons (Fsp3) is 0.438. The number of carboxylic acids is 1. The van der Waals surface area contributed by atoms with Gasteiger partial charge >= 0.3 is 5.97 Å². The normalized spacial score (nSPS) is 22.6. The lowest BCUT2D eigenvalue weighted by Gasteiger charge is -2.24. The Balaban J connectivity index is 1.84. The standard InChI is InChI=1S/C16H18N2O4S/c17-13(19)12-10-6-3-7-11(10)23-15(12)18-14(20)8-4-1-2-5-9(8)16(21)22/h1-2,8-9H,3-7H2,(H2,17,19)(H,18,20)(H,21,22). The lowest BCUT2D eigenvalue weighted by Crippen LogP contribution is -2.35. The predicted molar refractivity (Wildman–Crippen MR) is 86.5 cm³/mol. The van der Waals surface area contributed by atoms with E-state index in [-0.39, 0.29) is 5.91 Å². The molecule has 1 heterocycles. The number of aryl methyl sites for hydroxylation is 1. The molecule has 0 saturated heterocycles. The van der Waals surface area contributed by atoms with Crippen LogP contribution in [0.5, 0.6) is 0 Å². The number of carbonyl (C=O) groups is 3. The molecule has 0 radical (unpaired) electrons. The maximum atomic E-state index is 12.5. The maximum absolute atomic E-state index is 12.5. The number of allylic oxidation sites excluding steroid dienone is 2. The van der Waals surface area contributed by atoms with E-state index in [9.17, 15) is 19.5 Å². The number of primary amides is 1. The van der Waals surface area contributed by atoms with Crippen LogP contribution in [-0.2, 0) is 22.4 Å². The van der Waals surface area contributed by atoms with Crippen molar-refractivity contribution in [2.45, 2.75) is 32.1 Å². The molecule has 0 bridgehead atoms. The van der Waals surface area contributed by atoms with E-state index in [4.69, 9.17) is 5.73 Å². The Kier molecular flexibility index (Phi) is 4.21. The van der Waals surface area contributed by atoms with Gasteiger partial charge in [0.25, 0.3) is 5.91 Å². The van der Waals surface area contributed by atoms with Crippen LogP contribution in [0.2, 0.25) is 0 Å². The first kappa shape index (κ1) is 15.7. The molecule has 6 nitrogen and oxygen atoms in total. The number of hydrogen-bond donors (Lipinski definition) is 3. The van der Waals surface area contributed by atoms with E-state index in [1.165, 1.54) is 11.3 Å². The van der Waals surface area contributed by atoms with Gasteiger partial charge < -0.3 is 16.2 Å². The second-order valence-corrected chi connectivity index (χ2v) is 7.01. The SMILES string of the molecule is NC(=O)c1c(NC(=O)C2CC=CCC2C(=O)O)sc2c1CCC2. The van der Waals surface area contributed by atoms with E-state index in [0.29, 0.717) is 23.4 Å². The zero-order valence-electron chi connectivity index (χ0n) is 12.5. The van der Waals surface area contributed by atoms with Crippen molar-refractivity contribution in [1.29, 1.82) is 0 Å². The molecular weight excluding hydrogens is 316 g/mol. The molecule has 2 aliphatic carbocycles. The van der Waals surface area contributed by atoms with Gasteiger partial charge in [-0.15, -0.1) is 11.3 Å². The van der Waals surface area contributed by atoms with E-state index in [0.717, 1.165) is 29.7 Å². The van der Waals surface area contributed by atoms with Crippen molar-refractivity contribution < 1.29 is 19.5 Å². The zero-order chi connectivity index (χ0) is 16.6. The molecule has 0 saturated carbocycles. The highest BCUT2D eigenvalue weighted by molar-refractivity contribution is 7.17. The van der Waals surface area contributed by atoms with Crippen molar-refractivity contribution >= 4 is 34.1 Å². The van der Waals surface area contributed by atoms with Crippen LogP contribution in [0.3, 0.4) is 0 Å². The van der Waals surface area contributed by atoms with Crippen LogP contribution in [0.4, 0.5) is 5.00 Å². The lowest BCUT2D eigenvalue weighted by atomic mass is 9.82. The second-order valence-electron chi connectivity index (χ2n) is 5.91. The van der Waals surface area contributed by atoms with Gasteiger partial charge in [0.2, 0.25) is 5.91 Å². The molecule has 2 atom stereocenters. The van der Waals surface area contributed by atoms with Gasteiger partial charge in [-0.2, -0.15) is 0 Å². The van der Waals surface area contributed by atoms with Gasteiger partial charge in [-0.3, -0.25) is 14.4 Å². The second kappa shape index (κ2) is 6.16. The molecule has 7 heteroatoms. The summed E-state index contributed by atoms with van der Waals surface area (Å²) < 4.78 is 0. The molecule has 23 heavy (non-hydrogen) atoms. The summed E-state index contributed by atoms with van der Waals surface area (Å²) in [5.74, 6) is -3.24. The van der Waals surface area contributed by atoms with Gasteiger partial charge in [-0.05, 0) is 37.7 Å². The number of hydrogen-bond acceptors (Lipinski definition) is 4. The summed E-state index contributed by atoms with van der Waals surface area (Å²) in [7, 11) is 0. The van der Waals surface area contributed by atoms with Crippen LogP contribution < -0.4 is 11.1 Å². The first-order valence-electron chi connectivity index (χ1n) is 7.62. The zero-order valence-corrected chi connectivity index (χ0v) is 13.3. The Morgan fingerprint density at radius 1 is 1.17 bits per heavy atom. The first-order valence-corrected chi connectivity index (χ1v) is 8.43. The minimum absolute atomic E-state index is 0.344. The highest BCUT2D eigenvalue weighted by Gasteiger charge is 2.35. The number of carbonyl (C=O) groups excluding carboxylic acids is 2. The largest absolute Gasteiger partial charge is 0.481 e. The number of amides is 2. The van der Waals surface area contributed by atoms with Gasteiger partial charge in [0.15, 0.2) is 0 Å². The molecule has 4 N–H and O–H groups in total. The number of aliphatic carboxylic acids is 1. The van der Waals surface area contributed by atoms with E-state index < -0.39 is 23.7 Å². The summed E-state index contributed by atoms with van der Waals surface area (Å²) >= 11 is 1.38. The Labute approximate surface area is 137 Å². The van der Waals surface area contributed by atoms with Crippen LogP contribution in [0.1, 0.15) is 40.1 Å². The van der Waals surface area contributed by atoms with Gasteiger partial charge in [-0.25, -0.2) is 0 Å². The number of nitrogens with two attached hydrogens (primary N) is 1. The quantitative estimate of drug-likeness (QED) is 0.731. The first-order chi connectivity index (χ1) is 11.0. The minimum Gasteiger partial charge on any atom is -0.481 e. The van der Waals surface area contributed by atoms with Gasteiger partial charge in [0.05, 0.1) is 17.4 Å². The monoisotopic (exact) mass is 334 g/mol. The molecule has 122 valence electrons. The van der Waals surface area contributed by atoms with E-state index in [2.05, 4.69) is 5.32 Å². The highest BCUT2D eigenvalue weighted by Crippen LogP contribution is 2.39. The van der Waals surface area contributed by atoms with Crippen molar-refractivity contribution in [1.82, 2.24) is 0 Å². The van der Waals surface area contributed by atoms with Gasteiger partial charge in [0.1, 0.15) is 5.00 Å². The van der Waals surface area contributed by atoms with Crippen LogP contribution in [0.25, 0.3) is 0 Å². The fourth-order valence-electron chi connectivity index (χ4n) is 3.33.